The molecule has 1 fully saturated rings. The number of hydrogen-bond donors (Lipinski definition) is 0. The molecular weight excluding hydrogens is 424 g/mol. The van der Waals surface area contributed by atoms with E-state index in [9.17, 15) is 0 Å². The Morgan fingerprint density at radius 3 is 2.90 bits per heavy atom. The molecule has 0 N–H and O–H groups in total. The minimum atomic E-state index is -0.467. The molecule has 3 rings (SSSR count). The number of hydrogen-bond acceptors (Lipinski definition) is 3. The smallest absolute Gasteiger partial charge is 0.137 e. The Bertz CT molecular complexity index is 623. The lowest BCUT2D eigenvalue weighted by atomic mass is 9.90. The van der Waals surface area contributed by atoms with Crippen LogP contribution in [0.1, 0.15) is 18.4 Å². The topological polar surface area (TPSA) is 39.9 Å². The van der Waals surface area contributed by atoms with Crippen LogP contribution in [0.4, 0.5) is 0 Å². The first kappa shape index (κ1) is 15.5. The van der Waals surface area contributed by atoms with E-state index in [-0.39, 0.29) is 6.10 Å². The van der Waals surface area contributed by atoms with Gasteiger partial charge in [-0.3, -0.25) is 0 Å². The Hall–Kier alpha value is -0.370. The molecule has 21 heavy (non-hydrogen) atoms. The first-order chi connectivity index (χ1) is 10.1. The first-order valence-corrected chi connectivity index (χ1v) is 8.93. The molecule has 1 aliphatic rings. The van der Waals surface area contributed by atoms with E-state index in [0.717, 1.165) is 22.8 Å². The van der Waals surface area contributed by atoms with Gasteiger partial charge in [-0.25, -0.2) is 9.67 Å². The highest BCUT2D eigenvalue weighted by atomic mass is 127. The molecule has 2 atom stereocenters. The van der Waals surface area contributed by atoms with Crippen LogP contribution < -0.4 is 0 Å². The summed E-state index contributed by atoms with van der Waals surface area (Å²) in [6, 6.07) is 5.58. The van der Waals surface area contributed by atoms with Gasteiger partial charge in [0.15, 0.2) is 0 Å². The van der Waals surface area contributed by atoms with E-state index in [2.05, 4.69) is 32.7 Å². The molecule has 112 valence electrons. The van der Waals surface area contributed by atoms with Crippen LogP contribution in [-0.4, -0.2) is 25.3 Å². The maximum atomic E-state index is 6.42. The lowest BCUT2D eigenvalue weighted by Gasteiger charge is -2.30. The summed E-state index contributed by atoms with van der Waals surface area (Å²) in [4.78, 5) is 4.01. The number of nitrogens with zero attached hydrogens (tertiary/aromatic N) is 3. The van der Waals surface area contributed by atoms with E-state index in [1.807, 2.05) is 12.1 Å². The summed E-state index contributed by atoms with van der Waals surface area (Å²) in [5.41, 5.74) is 0.502. The van der Waals surface area contributed by atoms with Gasteiger partial charge in [-0.05, 0) is 25.0 Å². The van der Waals surface area contributed by atoms with Gasteiger partial charge in [-0.15, -0.1) is 0 Å². The van der Waals surface area contributed by atoms with Crippen molar-refractivity contribution >= 4 is 45.8 Å². The summed E-state index contributed by atoms with van der Waals surface area (Å²) in [5, 5.41) is 5.47. The van der Waals surface area contributed by atoms with Gasteiger partial charge in [0.1, 0.15) is 18.3 Å². The Kier molecular flexibility index (Phi) is 4.73. The highest BCUT2D eigenvalue weighted by molar-refractivity contribution is 14.1. The van der Waals surface area contributed by atoms with Gasteiger partial charge in [-0.2, -0.15) is 5.10 Å². The molecule has 0 aliphatic carbocycles. The maximum Gasteiger partial charge on any atom is 0.137 e. The molecule has 0 spiro atoms. The van der Waals surface area contributed by atoms with E-state index in [1.54, 1.807) is 17.1 Å². The van der Waals surface area contributed by atoms with Crippen LogP contribution in [0.3, 0.4) is 0 Å². The summed E-state index contributed by atoms with van der Waals surface area (Å²) < 4.78 is 9.11. The third-order valence-corrected chi connectivity index (χ3v) is 5.27. The van der Waals surface area contributed by atoms with Crippen molar-refractivity contribution in [3.8, 4) is 0 Å². The molecule has 1 saturated heterocycles. The van der Waals surface area contributed by atoms with Gasteiger partial charge < -0.3 is 4.74 Å². The average molecular weight is 438 g/mol. The van der Waals surface area contributed by atoms with Gasteiger partial charge in [0.05, 0.1) is 12.6 Å². The van der Waals surface area contributed by atoms with Crippen molar-refractivity contribution in [3.05, 3.63) is 46.5 Å². The summed E-state index contributed by atoms with van der Waals surface area (Å²) in [6.45, 7) is 0.599. The molecule has 0 bridgehead atoms. The lowest BCUT2D eigenvalue weighted by Crippen LogP contribution is -2.33. The van der Waals surface area contributed by atoms with Crippen molar-refractivity contribution in [1.29, 1.82) is 0 Å². The maximum absolute atomic E-state index is 6.42. The van der Waals surface area contributed by atoms with E-state index in [4.69, 9.17) is 27.9 Å². The van der Waals surface area contributed by atoms with E-state index in [1.165, 1.54) is 6.33 Å². The second-order valence-electron chi connectivity index (χ2n) is 5.14. The molecule has 0 radical (unpaired) electrons. The van der Waals surface area contributed by atoms with Crippen LogP contribution in [0.2, 0.25) is 10.0 Å². The van der Waals surface area contributed by atoms with Gasteiger partial charge in [0, 0.05) is 20.0 Å². The largest absolute Gasteiger partial charge is 0.364 e. The van der Waals surface area contributed by atoms with Crippen molar-refractivity contribution in [2.45, 2.75) is 31.1 Å². The SMILES string of the molecule is Clc1ccc(C2(Cn3cncn3)CCC(CI)O2)c(Cl)c1. The summed E-state index contributed by atoms with van der Waals surface area (Å²) >= 11 is 14.8. The van der Waals surface area contributed by atoms with E-state index < -0.39 is 5.60 Å². The number of benzene rings is 1. The third kappa shape index (κ3) is 3.21. The van der Waals surface area contributed by atoms with E-state index in [0.29, 0.717) is 16.6 Å². The predicted molar refractivity (Wildman–Crippen MR) is 91.2 cm³/mol. The van der Waals surface area contributed by atoms with E-state index >= 15 is 0 Å². The molecule has 4 nitrogen and oxygen atoms in total. The number of ether oxygens (including phenoxy) is 1. The van der Waals surface area contributed by atoms with Crippen molar-refractivity contribution in [2.75, 3.05) is 4.43 Å². The van der Waals surface area contributed by atoms with Crippen LogP contribution >= 0.6 is 45.8 Å². The molecule has 0 amide bonds. The fraction of sp³-hybridized carbons (Fsp3) is 0.429. The lowest BCUT2D eigenvalue weighted by molar-refractivity contribution is -0.0497. The zero-order valence-corrected chi connectivity index (χ0v) is 14.8. The quantitative estimate of drug-likeness (QED) is 0.534. The summed E-state index contributed by atoms with van der Waals surface area (Å²) in [6.07, 6.45) is 5.38. The van der Waals surface area contributed by atoms with Crippen molar-refractivity contribution < 1.29 is 4.74 Å². The first-order valence-electron chi connectivity index (χ1n) is 6.65. The number of aromatic nitrogens is 3. The Balaban J connectivity index is 1.99. The van der Waals surface area contributed by atoms with Gasteiger partial charge in [-0.1, -0.05) is 51.9 Å². The van der Waals surface area contributed by atoms with Crippen molar-refractivity contribution in [1.82, 2.24) is 14.8 Å². The Morgan fingerprint density at radius 2 is 2.29 bits per heavy atom. The zero-order chi connectivity index (χ0) is 14.9. The monoisotopic (exact) mass is 437 g/mol. The minimum Gasteiger partial charge on any atom is -0.364 e. The molecule has 2 unspecified atom stereocenters. The van der Waals surface area contributed by atoms with Crippen LogP contribution in [0.15, 0.2) is 30.9 Å². The van der Waals surface area contributed by atoms with Crippen molar-refractivity contribution in [2.24, 2.45) is 0 Å². The molecule has 2 heterocycles. The molecule has 1 aromatic carbocycles. The molecule has 1 aliphatic heterocycles. The summed E-state index contributed by atoms with van der Waals surface area (Å²) in [5.74, 6) is 0. The third-order valence-electron chi connectivity index (χ3n) is 3.74. The van der Waals surface area contributed by atoms with Gasteiger partial charge >= 0.3 is 0 Å². The predicted octanol–water partition coefficient (Wildman–Crippen LogP) is 4.09. The fourth-order valence-electron chi connectivity index (χ4n) is 2.77. The minimum absolute atomic E-state index is 0.237. The summed E-state index contributed by atoms with van der Waals surface area (Å²) in [7, 11) is 0. The highest BCUT2D eigenvalue weighted by Crippen LogP contribution is 2.44. The molecule has 0 saturated carbocycles. The van der Waals surface area contributed by atoms with Crippen LogP contribution in [0.25, 0.3) is 0 Å². The molecule has 7 heteroatoms. The molecular formula is C14H14Cl2IN3O. The molecule has 2 aromatic rings. The van der Waals surface area contributed by atoms with Crippen LogP contribution in [0.5, 0.6) is 0 Å². The molecule has 1 aromatic heterocycles. The fourth-order valence-corrected chi connectivity index (χ4v) is 3.98. The average Bonchev–Trinajstić information content (AvgIpc) is 3.09. The number of halogens is 3. The number of alkyl halides is 1. The Labute approximate surface area is 146 Å². The second-order valence-corrected chi connectivity index (χ2v) is 6.87. The van der Waals surface area contributed by atoms with Gasteiger partial charge in [0.2, 0.25) is 0 Å². The number of rotatable bonds is 4. The van der Waals surface area contributed by atoms with Gasteiger partial charge in [0.25, 0.3) is 0 Å². The normalized spacial score (nSPS) is 25.4. The standard InChI is InChI=1S/C14H14Cl2IN3O/c15-10-1-2-12(13(16)5-10)14(4-3-11(6-17)21-14)7-20-9-18-8-19-20/h1-2,5,8-9,11H,3-4,6-7H2. The van der Waals surface area contributed by atoms with Crippen molar-refractivity contribution in [3.63, 3.8) is 0 Å². The highest BCUT2D eigenvalue weighted by Gasteiger charge is 2.43. The Morgan fingerprint density at radius 1 is 1.43 bits per heavy atom. The zero-order valence-electron chi connectivity index (χ0n) is 11.2. The second kappa shape index (κ2) is 6.40. The van der Waals surface area contributed by atoms with Crippen LogP contribution in [-0.2, 0) is 16.9 Å². The van der Waals surface area contributed by atoms with Crippen LogP contribution in [0, 0.1) is 0 Å².